The van der Waals surface area contributed by atoms with Crippen LogP contribution in [0.25, 0.3) is 0 Å². The van der Waals surface area contributed by atoms with E-state index in [1.807, 2.05) is 0 Å². The maximum atomic E-state index is 13.9. The third kappa shape index (κ3) is 4.62. The van der Waals surface area contributed by atoms with Crippen LogP contribution in [0, 0.1) is 11.6 Å². The lowest BCUT2D eigenvalue weighted by molar-refractivity contribution is 0.0598. The highest BCUT2D eigenvalue weighted by molar-refractivity contribution is 5.74. The summed E-state index contributed by atoms with van der Waals surface area (Å²) in [4.78, 5) is 11.7. The van der Waals surface area contributed by atoms with Crippen molar-refractivity contribution in [1.82, 2.24) is 10.6 Å². The average Bonchev–Trinajstić information content (AvgIpc) is 3.26. The minimum absolute atomic E-state index is 0.0517. The van der Waals surface area contributed by atoms with Crippen LogP contribution in [0.2, 0.25) is 0 Å². The minimum atomic E-state index is -0.650. The minimum Gasteiger partial charge on any atom is -0.391 e. The largest absolute Gasteiger partial charge is 0.391 e. The lowest BCUT2D eigenvalue weighted by Crippen LogP contribution is -2.41. The fourth-order valence-corrected chi connectivity index (χ4v) is 2.61. The van der Waals surface area contributed by atoms with Crippen LogP contribution in [0.15, 0.2) is 18.2 Å². The summed E-state index contributed by atoms with van der Waals surface area (Å²) in [6.45, 7) is 0.674. The summed E-state index contributed by atoms with van der Waals surface area (Å²) in [5, 5.41) is 14.7. The third-order valence-corrected chi connectivity index (χ3v) is 4.06. The van der Waals surface area contributed by atoms with Crippen molar-refractivity contribution in [3.8, 4) is 0 Å². The first-order valence-corrected chi connectivity index (χ1v) is 7.62. The quantitative estimate of drug-likeness (QED) is 0.680. The summed E-state index contributed by atoms with van der Waals surface area (Å²) in [5.41, 5.74) is -0.599. The Bertz CT molecular complexity index is 530. The van der Waals surface area contributed by atoms with E-state index in [4.69, 9.17) is 4.74 Å². The Morgan fingerprint density at radius 2 is 2.00 bits per heavy atom. The number of aliphatic hydroxyl groups is 1. The first-order chi connectivity index (χ1) is 11.0. The number of carbonyl (C=O) groups excluding carboxylic acids is 1. The molecule has 0 radical (unpaired) electrons. The van der Waals surface area contributed by atoms with Gasteiger partial charge in [0.1, 0.15) is 11.6 Å². The fourth-order valence-electron chi connectivity index (χ4n) is 2.61. The number of amides is 2. The van der Waals surface area contributed by atoms with Crippen LogP contribution in [-0.4, -0.2) is 44.0 Å². The van der Waals surface area contributed by atoms with Crippen LogP contribution in [0.5, 0.6) is 0 Å². The molecule has 0 saturated heterocycles. The highest BCUT2D eigenvalue weighted by atomic mass is 19.1. The van der Waals surface area contributed by atoms with Crippen molar-refractivity contribution < 1.29 is 23.4 Å². The van der Waals surface area contributed by atoms with Gasteiger partial charge in [-0.1, -0.05) is 6.07 Å². The molecule has 0 heterocycles. The number of nitrogens with one attached hydrogen (secondary N) is 2. The Kier molecular flexibility index (Phi) is 5.90. The molecule has 0 bridgehead atoms. The fraction of sp³-hybridized carbons (Fsp3) is 0.562. The summed E-state index contributed by atoms with van der Waals surface area (Å²) in [6, 6.07) is 3.37. The molecule has 0 spiro atoms. The number of ether oxygens (including phenoxy) is 1. The van der Waals surface area contributed by atoms with Crippen molar-refractivity contribution in [2.75, 3.05) is 26.8 Å². The Balaban J connectivity index is 1.80. The van der Waals surface area contributed by atoms with Crippen molar-refractivity contribution in [1.29, 1.82) is 0 Å². The number of halogens is 2. The van der Waals surface area contributed by atoms with Gasteiger partial charge in [0.25, 0.3) is 0 Å². The number of aliphatic hydroxyl groups excluding tert-OH is 1. The molecule has 0 aliphatic heterocycles. The Hall–Kier alpha value is -1.73. The zero-order valence-electron chi connectivity index (χ0n) is 13.1. The molecule has 7 heteroatoms. The summed E-state index contributed by atoms with van der Waals surface area (Å²) >= 11 is 0. The maximum Gasteiger partial charge on any atom is 0.314 e. The van der Waals surface area contributed by atoms with Crippen LogP contribution >= 0.6 is 0 Å². The van der Waals surface area contributed by atoms with Gasteiger partial charge >= 0.3 is 6.03 Å². The number of urea groups is 1. The molecule has 5 nitrogen and oxygen atoms in total. The number of methoxy groups -OCH3 is 1. The van der Waals surface area contributed by atoms with Crippen LogP contribution in [0.1, 0.15) is 24.8 Å². The molecule has 1 saturated carbocycles. The van der Waals surface area contributed by atoms with Crippen molar-refractivity contribution in [2.45, 2.75) is 30.8 Å². The van der Waals surface area contributed by atoms with Crippen molar-refractivity contribution in [3.05, 3.63) is 35.4 Å². The summed E-state index contributed by atoms with van der Waals surface area (Å²) < 4.78 is 32.5. The zero-order chi connectivity index (χ0) is 16.9. The monoisotopic (exact) mass is 328 g/mol. The van der Waals surface area contributed by atoms with E-state index < -0.39 is 29.2 Å². The second-order valence-electron chi connectivity index (χ2n) is 5.88. The van der Waals surface area contributed by atoms with E-state index in [2.05, 4.69) is 10.6 Å². The van der Waals surface area contributed by atoms with E-state index in [0.29, 0.717) is 19.3 Å². The van der Waals surface area contributed by atoms with E-state index in [1.54, 1.807) is 0 Å². The van der Waals surface area contributed by atoms with Crippen molar-refractivity contribution >= 4 is 6.03 Å². The Morgan fingerprint density at radius 1 is 1.35 bits per heavy atom. The van der Waals surface area contributed by atoms with Gasteiger partial charge in [0.05, 0.1) is 12.7 Å². The molecule has 1 atom stereocenters. The SMILES string of the molecule is COCC(O)CCNC(=O)NCC1(c2c(F)cccc2F)CC1. The predicted octanol–water partition coefficient (Wildman–Crippen LogP) is 1.69. The Labute approximate surface area is 134 Å². The van der Waals surface area contributed by atoms with Gasteiger partial charge in [-0.05, 0) is 31.4 Å². The van der Waals surface area contributed by atoms with Crippen molar-refractivity contribution in [3.63, 3.8) is 0 Å². The van der Waals surface area contributed by atoms with Gasteiger partial charge in [-0.25, -0.2) is 13.6 Å². The van der Waals surface area contributed by atoms with Gasteiger partial charge in [-0.3, -0.25) is 0 Å². The van der Waals surface area contributed by atoms with E-state index >= 15 is 0 Å². The van der Waals surface area contributed by atoms with Gasteiger partial charge in [0.15, 0.2) is 0 Å². The lowest BCUT2D eigenvalue weighted by atomic mass is 9.94. The molecule has 23 heavy (non-hydrogen) atoms. The smallest absolute Gasteiger partial charge is 0.314 e. The van der Waals surface area contributed by atoms with Gasteiger partial charge in [-0.15, -0.1) is 0 Å². The normalized spacial score (nSPS) is 16.7. The third-order valence-electron chi connectivity index (χ3n) is 4.06. The van der Waals surface area contributed by atoms with E-state index in [0.717, 1.165) is 0 Å². The van der Waals surface area contributed by atoms with Crippen LogP contribution in [0.3, 0.4) is 0 Å². The first-order valence-electron chi connectivity index (χ1n) is 7.62. The van der Waals surface area contributed by atoms with E-state index in [-0.39, 0.29) is 25.3 Å². The predicted molar refractivity (Wildman–Crippen MR) is 81.2 cm³/mol. The van der Waals surface area contributed by atoms with E-state index in [9.17, 15) is 18.7 Å². The zero-order valence-corrected chi connectivity index (χ0v) is 13.1. The molecule has 2 rings (SSSR count). The maximum absolute atomic E-state index is 13.9. The molecule has 1 aliphatic rings. The molecular weight excluding hydrogens is 306 g/mol. The summed E-state index contributed by atoms with van der Waals surface area (Å²) in [6.07, 6.45) is 1.01. The highest BCUT2D eigenvalue weighted by Crippen LogP contribution is 2.49. The van der Waals surface area contributed by atoms with Crippen LogP contribution in [-0.2, 0) is 10.2 Å². The molecular formula is C16H22F2N2O3. The molecule has 1 aromatic rings. The molecule has 1 aromatic carbocycles. The lowest BCUT2D eigenvalue weighted by Gasteiger charge is -2.18. The topological polar surface area (TPSA) is 70.6 Å². The summed E-state index contributed by atoms with van der Waals surface area (Å²) in [7, 11) is 1.49. The van der Waals surface area contributed by atoms with Crippen LogP contribution in [0.4, 0.5) is 13.6 Å². The van der Waals surface area contributed by atoms with Gasteiger partial charge < -0.3 is 20.5 Å². The van der Waals surface area contributed by atoms with Crippen molar-refractivity contribution in [2.24, 2.45) is 0 Å². The average molecular weight is 328 g/mol. The molecule has 3 N–H and O–H groups in total. The standard InChI is InChI=1S/C16H22F2N2O3/c1-23-9-11(21)5-8-19-15(22)20-10-16(6-7-16)14-12(17)3-2-4-13(14)18/h2-4,11,21H,5-10H2,1H3,(H2,19,20,22). The molecule has 2 amide bonds. The number of benzene rings is 1. The molecule has 1 fully saturated rings. The molecule has 1 unspecified atom stereocenters. The first kappa shape index (κ1) is 17.6. The molecule has 1 aliphatic carbocycles. The number of rotatable bonds is 8. The molecule has 0 aromatic heterocycles. The number of hydrogen-bond donors (Lipinski definition) is 3. The van der Waals surface area contributed by atoms with Crippen LogP contribution < -0.4 is 10.6 Å². The van der Waals surface area contributed by atoms with E-state index in [1.165, 1.54) is 25.3 Å². The number of carbonyl (C=O) groups is 1. The highest BCUT2D eigenvalue weighted by Gasteiger charge is 2.47. The van der Waals surface area contributed by atoms with Gasteiger partial charge in [-0.2, -0.15) is 0 Å². The Morgan fingerprint density at radius 3 is 2.57 bits per heavy atom. The van der Waals surface area contributed by atoms with Gasteiger partial charge in [0.2, 0.25) is 0 Å². The molecule has 128 valence electrons. The second kappa shape index (κ2) is 7.70. The number of hydrogen-bond acceptors (Lipinski definition) is 3. The van der Waals surface area contributed by atoms with Gasteiger partial charge in [0, 0.05) is 31.2 Å². The second-order valence-corrected chi connectivity index (χ2v) is 5.88. The summed E-state index contributed by atoms with van der Waals surface area (Å²) in [5.74, 6) is -1.15.